The van der Waals surface area contributed by atoms with Gasteiger partial charge < -0.3 is 9.88 Å². The van der Waals surface area contributed by atoms with Crippen LogP contribution in [-0.2, 0) is 16.1 Å². The topological polar surface area (TPSA) is 54.3 Å². The number of fused-ring (bicyclic) bond motifs is 1. The van der Waals surface area contributed by atoms with E-state index < -0.39 is 6.04 Å². The van der Waals surface area contributed by atoms with Crippen molar-refractivity contribution in [2.45, 2.75) is 44.3 Å². The fourth-order valence-electron chi connectivity index (χ4n) is 3.84. The van der Waals surface area contributed by atoms with Gasteiger partial charge in [-0.05, 0) is 43.2 Å². The third-order valence-corrected chi connectivity index (χ3v) is 5.25. The molecule has 2 amide bonds. The molecule has 1 aliphatic heterocycles. The predicted molar refractivity (Wildman–Crippen MR) is 96.5 cm³/mol. The number of hydrogen-bond donors (Lipinski definition) is 1. The minimum Gasteiger partial charge on any atom is -0.351 e. The molecule has 0 unspecified atom stereocenters. The first-order valence-electron chi connectivity index (χ1n) is 8.66. The molecule has 1 aromatic heterocycles. The molecule has 0 bridgehead atoms. The Balaban J connectivity index is 1.72. The normalized spacial score (nSPS) is 20.6. The molecule has 1 N–H and O–H groups in total. The number of benzene rings is 1. The molecule has 2 aliphatic rings. The van der Waals surface area contributed by atoms with Crippen LogP contribution in [-0.4, -0.2) is 22.4 Å². The maximum Gasteiger partial charge on any atom is 0.249 e. The second-order valence-corrected chi connectivity index (χ2v) is 7.13. The SMILES string of the molecule is O=C(NC1CCCC1)[C@@H]1c2cccn2CC(=O)N1c1cccc(Cl)c1. The van der Waals surface area contributed by atoms with Crippen LogP contribution in [0.15, 0.2) is 42.6 Å². The Morgan fingerprint density at radius 3 is 2.72 bits per heavy atom. The van der Waals surface area contributed by atoms with Crippen LogP contribution < -0.4 is 10.2 Å². The third-order valence-electron chi connectivity index (χ3n) is 5.01. The highest BCUT2D eigenvalue weighted by Gasteiger charge is 2.39. The van der Waals surface area contributed by atoms with E-state index in [0.717, 1.165) is 31.4 Å². The lowest BCUT2D eigenvalue weighted by Crippen LogP contribution is -2.50. The number of aromatic nitrogens is 1. The summed E-state index contributed by atoms with van der Waals surface area (Å²) in [6, 6.07) is 10.4. The van der Waals surface area contributed by atoms with Gasteiger partial charge in [-0.1, -0.05) is 30.5 Å². The van der Waals surface area contributed by atoms with Gasteiger partial charge in [-0.3, -0.25) is 14.5 Å². The summed E-state index contributed by atoms with van der Waals surface area (Å²) in [4.78, 5) is 27.5. The van der Waals surface area contributed by atoms with Crippen LogP contribution in [0.25, 0.3) is 0 Å². The number of rotatable bonds is 3. The molecule has 0 radical (unpaired) electrons. The number of anilines is 1. The Kier molecular flexibility index (Phi) is 4.25. The molecule has 0 saturated heterocycles. The van der Waals surface area contributed by atoms with Crippen molar-refractivity contribution in [2.75, 3.05) is 4.90 Å². The van der Waals surface area contributed by atoms with Crippen LogP contribution in [0.5, 0.6) is 0 Å². The second kappa shape index (κ2) is 6.56. The molecule has 1 fully saturated rings. The molecule has 5 nitrogen and oxygen atoms in total. The minimum absolute atomic E-state index is 0.113. The molecule has 2 aromatic rings. The molecule has 4 rings (SSSR count). The molecule has 1 aromatic carbocycles. The van der Waals surface area contributed by atoms with Gasteiger partial charge in [0.15, 0.2) is 6.04 Å². The maximum absolute atomic E-state index is 13.1. The van der Waals surface area contributed by atoms with E-state index >= 15 is 0 Å². The highest BCUT2D eigenvalue weighted by Crippen LogP contribution is 2.33. The average Bonchev–Trinajstić information content (AvgIpc) is 3.24. The largest absolute Gasteiger partial charge is 0.351 e. The van der Waals surface area contributed by atoms with Crippen LogP contribution >= 0.6 is 11.6 Å². The van der Waals surface area contributed by atoms with Crippen molar-refractivity contribution >= 4 is 29.1 Å². The van der Waals surface area contributed by atoms with Crippen molar-refractivity contribution < 1.29 is 9.59 Å². The van der Waals surface area contributed by atoms with Crippen molar-refractivity contribution in [3.63, 3.8) is 0 Å². The van der Waals surface area contributed by atoms with Crippen molar-refractivity contribution in [1.29, 1.82) is 0 Å². The molecule has 25 heavy (non-hydrogen) atoms. The highest BCUT2D eigenvalue weighted by molar-refractivity contribution is 6.31. The van der Waals surface area contributed by atoms with Gasteiger partial charge >= 0.3 is 0 Å². The van der Waals surface area contributed by atoms with Crippen molar-refractivity contribution in [2.24, 2.45) is 0 Å². The van der Waals surface area contributed by atoms with E-state index in [-0.39, 0.29) is 24.4 Å². The molecule has 6 heteroatoms. The van der Waals surface area contributed by atoms with Crippen molar-refractivity contribution in [3.8, 4) is 0 Å². The van der Waals surface area contributed by atoms with E-state index in [0.29, 0.717) is 10.7 Å². The van der Waals surface area contributed by atoms with E-state index in [1.807, 2.05) is 29.0 Å². The summed E-state index contributed by atoms with van der Waals surface area (Å²) in [7, 11) is 0. The lowest BCUT2D eigenvalue weighted by molar-refractivity contribution is -0.128. The molecule has 130 valence electrons. The zero-order valence-corrected chi connectivity index (χ0v) is 14.6. The molecule has 1 saturated carbocycles. The van der Waals surface area contributed by atoms with Gasteiger partial charge in [0, 0.05) is 22.9 Å². The third kappa shape index (κ3) is 3.04. The lowest BCUT2D eigenvalue weighted by atomic mass is 10.1. The van der Waals surface area contributed by atoms with E-state index in [9.17, 15) is 9.59 Å². The zero-order valence-electron chi connectivity index (χ0n) is 13.8. The summed E-state index contributed by atoms with van der Waals surface area (Å²) in [5.41, 5.74) is 1.48. The minimum atomic E-state index is -0.671. The maximum atomic E-state index is 13.1. The second-order valence-electron chi connectivity index (χ2n) is 6.70. The summed E-state index contributed by atoms with van der Waals surface area (Å²) in [5, 5.41) is 3.68. The molecule has 0 spiro atoms. The van der Waals surface area contributed by atoms with Gasteiger partial charge in [0.25, 0.3) is 0 Å². The highest BCUT2D eigenvalue weighted by atomic mass is 35.5. The van der Waals surface area contributed by atoms with Crippen LogP contribution in [0, 0.1) is 0 Å². The van der Waals surface area contributed by atoms with Gasteiger partial charge in [0.1, 0.15) is 6.54 Å². The number of nitrogens with one attached hydrogen (secondary N) is 1. The van der Waals surface area contributed by atoms with Gasteiger partial charge in [-0.2, -0.15) is 0 Å². The first-order valence-corrected chi connectivity index (χ1v) is 9.04. The van der Waals surface area contributed by atoms with E-state index in [4.69, 9.17) is 11.6 Å². The molecule has 2 heterocycles. The summed E-state index contributed by atoms with van der Waals surface area (Å²) in [5.74, 6) is -0.239. The van der Waals surface area contributed by atoms with Crippen LogP contribution in [0.2, 0.25) is 5.02 Å². The summed E-state index contributed by atoms with van der Waals surface area (Å²) < 4.78 is 1.85. The van der Waals surface area contributed by atoms with Crippen LogP contribution in [0.3, 0.4) is 0 Å². The standard InChI is InChI=1S/C19H20ClN3O2/c20-13-5-3-8-15(11-13)23-17(24)12-22-10-4-9-16(22)18(23)19(25)21-14-6-1-2-7-14/h3-5,8-11,14,18H,1-2,6-7,12H2,(H,21,25)/t18-/m0/s1. The molecule has 1 atom stereocenters. The van der Waals surface area contributed by atoms with Crippen molar-refractivity contribution in [3.05, 3.63) is 53.3 Å². The summed E-state index contributed by atoms with van der Waals surface area (Å²) in [6.07, 6.45) is 6.14. The number of amides is 2. The first kappa shape index (κ1) is 16.2. The fourth-order valence-corrected chi connectivity index (χ4v) is 4.02. The van der Waals surface area contributed by atoms with Gasteiger partial charge in [0.05, 0.1) is 5.69 Å². The van der Waals surface area contributed by atoms with Crippen LogP contribution in [0.1, 0.15) is 37.4 Å². The van der Waals surface area contributed by atoms with Crippen LogP contribution in [0.4, 0.5) is 5.69 Å². The Bertz CT molecular complexity index is 811. The quantitative estimate of drug-likeness (QED) is 0.916. The number of nitrogens with zero attached hydrogens (tertiary/aromatic N) is 2. The number of halogens is 1. The number of carbonyl (C=O) groups excluding carboxylic acids is 2. The van der Waals surface area contributed by atoms with Gasteiger partial charge in [-0.15, -0.1) is 0 Å². The van der Waals surface area contributed by atoms with Gasteiger partial charge in [-0.25, -0.2) is 0 Å². The average molecular weight is 358 g/mol. The number of carbonyl (C=O) groups is 2. The summed E-state index contributed by atoms with van der Waals surface area (Å²) in [6.45, 7) is 0.224. The van der Waals surface area contributed by atoms with Gasteiger partial charge in [0.2, 0.25) is 11.8 Å². The molecular weight excluding hydrogens is 338 g/mol. The molecular formula is C19H20ClN3O2. The Hall–Kier alpha value is -2.27. The fraction of sp³-hybridized carbons (Fsp3) is 0.368. The zero-order chi connectivity index (χ0) is 17.4. The number of hydrogen-bond acceptors (Lipinski definition) is 2. The predicted octanol–water partition coefficient (Wildman–Crippen LogP) is 3.29. The van der Waals surface area contributed by atoms with Crippen molar-refractivity contribution in [1.82, 2.24) is 9.88 Å². The summed E-state index contributed by atoms with van der Waals surface area (Å²) >= 11 is 6.11. The van der Waals surface area contributed by atoms with E-state index in [1.165, 1.54) is 0 Å². The Labute approximate surface area is 151 Å². The smallest absolute Gasteiger partial charge is 0.249 e. The molecule has 1 aliphatic carbocycles. The van der Waals surface area contributed by atoms with E-state index in [2.05, 4.69) is 5.32 Å². The Morgan fingerprint density at radius 1 is 1.16 bits per heavy atom. The lowest BCUT2D eigenvalue weighted by Gasteiger charge is -2.36. The Morgan fingerprint density at radius 2 is 1.96 bits per heavy atom. The first-order chi connectivity index (χ1) is 12.1. The van der Waals surface area contributed by atoms with E-state index in [1.54, 1.807) is 23.1 Å². The monoisotopic (exact) mass is 357 g/mol.